The number of hydrogen-bond donors (Lipinski definition) is 2. The van der Waals surface area contributed by atoms with Gasteiger partial charge in [-0.15, -0.1) is 0 Å². The normalized spacial score (nSPS) is 30.2. The molecule has 3 heterocycles. The van der Waals surface area contributed by atoms with E-state index in [-0.39, 0.29) is 53.6 Å². The Bertz CT molecular complexity index is 1640. The third kappa shape index (κ3) is 3.78. The Kier molecular flexibility index (Phi) is 6.85. The number of carbonyl (C=O) groups is 1. The summed E-state index contributed by atoms with van der Waals surface area (Å²) in [7, 11) is 5.83. The summed E-state index contributed by atoms with van der Waals surface area (Å²) in [5.74, 6) is -1.27. The van der Waals surface area contributed by atoms with Crippen LogP contribution in [0.25, 0.3) is 0 Å². The molecule has 0 spiro atoms. The van der Waals surface area contributed by atoms with Crippen LogP contribution in [0.3, 0.4) is 0 Å². The highest BCUT2D eigenvalue weighted by molar-refractivity contribution is 6.00. The van der Waals surface area contributed by atoms with E-state index in [9.17, 15) is 15.0 Å². The predicted molar refractivity (Wildman–Crippen MR) is 156 cm³/mol. The Balaban J connectivity index is 1.49. The van der Waals surface area contributed by atoms with Crippen LogP contribution in [0.4, 0.5) is 0 Å². The van der Waals surface area contributed by atoms with E-state index in [2.05, 4.69) is 0 Å². The molecule has 0 radical (unpaired) electrons. The Morgan fingerprint density at radius 1 is 0.750 bits per heavy atom. The van der Waals surface area contributed by atoms with Crippen LogP contribution in [0, 0.1) is 0 Å². The van der Waals surface area contributed by atoms with E-state index in [1.54, 1.807) is 0 Å². The second kappa shape index (κ2) is 10.5. The van der Waals surface area contributed by atoms with Crippen LogP contribution in [0.15, 0.2) is 72.0 Å². The number of aliphatic hydroxyl groups excluding tert-OH is 2. The van der Waals surface area contributed by atoms with Crippen molar-refractivity contribution >= 4 is 5.78 Å². The van der Waals surface area contributed by atoms with E-state index >= 15 is 0 Å². The topological polar surface area (TPSA) is 122 Å². The van der Waals surface area contributed by atoms with Gasteiger partial charge in [-0.25, -0.2) is 0 Å². The molecule has 230 valence electrons. The van der Waals surface area contributed by atoms with E-state index in [4.69, 9.17) is 33.2 Å². The lowest BCUT2D eigenvalue weighted by Gasteiger charge is -2.49. The lowest BCUT2D eigenvalue weighted by Crippen LogP contribution is -2.61. The van der Waals surface area contributed by atoms with Gasteiger partial charge >= 0.3 is 0 Å². The van der Waals surface area contributed by atoms with Gasteiger partial charge in [-0.1, -0.05) is 60.7 Å². The fourth-order valence-electron chi connectivity index (χ4n) is 7.26. The van der Waals surface area contributed by atoms with E-state index in [0.29, 0.717) is 11.1 Å². The van der Waals surface area contributed by atoms with Crippen molar-refractivity contribution < 1.29 is 48.2 Å². The summed E-state index contributed by atoms with van der Waals surface area (Å²) in [5, 5.41) is 23.1. The van der Waals surface area contributed by atoms with Gasteiger partial charge in [0.1, 0.15) is 23.7 Å². The van der Waals surface area contributed by atoms with Gasteiger partial charge in [0.05, 0.1) is 49.5 Å². The molecule has 0 saturated carbocycles. The molecule has 0 saturated heterocycles. The van der Waals surface area contributed by atoms with Crippen molar-refractivity contribution in [2.24, 2.45) is 0 Å². The maximum absolute atomic E-state index is 13.8. The first kappa shape index (κ1) is 28.7. The van der Waals surface area contributed by atoms with E-state index < -0.39 is 41.6 Å². The van der Waals surface area contributed by atoms with Crippen molar-refractivity contribution in [2.75, 3.05) is 28.4 Å². The summed E-state index contributed by atoms with van der Waals surface area (Å²) in [5.41, 5.74) is 0.669. The maximum atomic E-state index is 13.8. The van der Waals surface area contributed by atoms with E-state index in [0.717, 1.165) is 11.1 Å². The fraction of sp³-hybridized carbons (Fsp3) is 0.382. The smallest absolute Gasteiger partial charge is 0.258 e. The highest BCUT2D eigenvalue weighted by atomic mass is 16.7. The summed E-state index contributed by atoms with van der Waals surface area (Å²) >= 11 is 0. The third-order valence-corrected chi connectivity index (χ3v) is 9.22. The minimum absolute atomic E-state index is 0.0677. The van der Waals surface area contributed by atoms with Gasteiger partial charge in [-0.3, -0.25) is 4.79 Å². The molecule has 0 aromatic heterocycles. The first-order valence-electron chi connectivity index (χ1n) is 14.5. The monoisotopic (exact) mass is 602 g/mol. The third-order valence-electron chi connectivity index (χ3n) is 9.22. The van der Waals surface area contributed by atoms with Crippen molar-refractivity contribution in [3.05, 3.63) is 94.2 Å². The van der Waals surface area contributed by atoms with Crippen LogP contribution in [0.2, 0.25) is 0 Å². The van der Waals surface area contributed by atoms with Crippen LogP contribution in [0.1, 0.15) is 59.8 Å². The molecule has 10 heteroatoms. The minimum atomic E-state index is -1.78. The van der Waals surface area contributed by atoms with Crippen molar-refractivity contribution in [2.45, 2.75) is 55.1 Å². The van der Waals surface area contributed by atoms with Gasteiger partial charge < -0.3 is 43.4 Å². The zero-order valence-electron chi connectivity index (χ0n) is 24.9. The number of fused-ring (bicyclic) bond motifs is 6. The molecule has 2 N–H and O–H groups in total. The average molecular weight is 603 g/mol. The highest BCUT2D eigenvalue weighted by Gasteiger charge is 2.73. The molecule has 0 bridgehead atoms. The Hall–Kier alpha value is -4.09. The second-order valence-corrected chi connectivity index (χ2v) is 11.3. The SMILES string of the molecule is COc1c2c(c3c(c1OC)[C@@]1(OC)C4=C(C(=O)C[C@@]1(OC)O3)[C@H](O)C[C@@H](c1ccccc1)O4)[C@H](O)C[C@@H](c1ccccc1)O2. The Morgan fingerprint density at radius 3 is 1.91 bits per heavy atom. The standard InChI is InChI=1S/C34H34O10/c1-38-30-27-28(26-21(36)16-23(18-11-7-5-8-12-18)42-29(26)31(30)39-2)44-33(40-3)17-22(37)25-20(35)15-24(19-13-9-6-10-14-19)43-32(25)34(27,33)41-4/h5-14,20-21,23-24,35-36H,15-17H2,1-4H3/t20-,21-,23+,24+,33-,34-/m1/s1. The molecule has 3 aromatic carbocycles. The van der Waals surface area contributed by atoms with Gasteiger partial charge in [0.15, 0.2) is 17.3 Å². The molecule has 6 atom stereocenters. The summed E-state index contributed by atoms with van der Waals surface area (Å²) in [6.07, 6.45) is -3.20. The molecule has 0 fully saturated rings. The molecular weight excluding hydrogens is 568 g/mol. The van der Waals surface area contributed by atoms with Crippen LogP contribution in [-0.2, 0) is 24.6 Å². The summed E-state index contributed by atoms with van der Waals surface area (Å²) < 4.78 is 44.2. The molecule has 3 aliphatic heterocycles. The molecule has 7 rings (SSSR count). The zero-order chi connectivity index (χ0) is 30.8. The van der Waals surface area contributed by atoms with Crippen molar-refractivity contribution in [1.82, 2.24) is 0 Å². The molecule has 3 aromatic rings. The maximum Gasteiger partial charge on any atom is 0.258 e. The van der Waals surface area contributed by atoms with Gasteiger partial charge in [0.25, 0.3) is 5.79 Å². The van der Waals surface area contributed by atoms with Crippen molar-refractivity contribution in [3.8, 4) is 23.0 Å². The number of rotatable bonds is 6. The number of ether oxygens (including phenoxy) is 7. The molecule has 1 aliphatic carbocycles. The number of aliphatic hydroxyl groups is 2. The van der Waals surface area contributed by atoms with Gasteiger partial charge in [0, 0.05) is 27.1 Å². The lowest BCUT2D eigenvalue weighted by molar-refractivity contribution is -0.274. The summed E-state index contributed by atoms with van der Waals surface area (Å²) in [4.78, 5) is 13.8. The van der Waals surface area contributed by atoms with Gasteiger partial charge in [0.2, 0.25) is 11.4 Å². The number of benzene rings is 3. The Labute approximate surface area is 254 Å². The average Bonchev–Trinajstić information content (AvgIpc) is 3.35. The fourth-order valence-corrected chi connectivity index (χ4v) is 7.26. The number of ketones is 1. The molecule has 0 amide bonds. The van der Waals surface area contributed by atoms with E-state index in [1.807, 2.05) is 60.7 Å². The molecule has 44 heavy (non-hydrogen) atoms. The summed E-state index contributed by atoms with van der Waals surface area (Å²) in [6.45, 7) is 0. The largest absolute Gasteiger partial charge is 0.492 e. The first-order valence-corrected chi connectivity index (χ1v) is 14.5. The molecule has 10 nitrogen and oxygen atoms in total. The highest BCUT2D eigenvalue weighted by Crippen LogP contribution is 2.69. The number of Topliss-reactive ketones (excluding diaryl/α,β-unsaturated/α-hetero) is 1. The van der Waals surface area contributed by atoms with Crippen LogP contribution in [-0.4, -0.2) is 56.3 Å². The van der Waals surface area contributed by atoms with Crippen LogP contribution >= 0.6 is 0 Å². The van der Waals surface area contributed by atoms with E-state index in [1.165, 1.54) is 28.4 Å². The van der Waals surface area contributed by atoms with Crippen LogP contribution in [0.5, 0.6) is 23.0 Å². The quantitative estimate of drug-likeness (QED) is 0.414. The lowest BCUT2D eigenvalue weighted by atomic mass is 9.71. The molecule has 4 aliphatic rings. The Morgan fingerprint density at radius 2 is 1.34 bits per heavy atom. The summed E-state index contributed by atoms with van der Waals surface area (Å²) in [6, 6.07) is 19.0. The first-order chi connectivity index (χ1) is 21.3. The van der Waals surface area contributed by atoms with Crippen molar-refractivity contribution in [3.63, 3.8) is 0 Å². The second-order valence-electron chi connectivity index (χ2n) is 11.3. The van der Waals surface area contributed by atoms with Crippen molar-refractivity contribution in [1.29, 1.82) is 0 Å². The number of hydrogen-bond acceptors (Lipinski definition) is 10. The predicted octanol–water partition coefficient (Wildman–Crippen LogP) is 4.59. The van der Waals surface area contributed by atoms with Gasteiger partial charge in [-0.2, -0.15) is 0 Å². The van der Waals surface area contributed by atoms with Crippen LogP contribution < -0.4 is 18.9 Å². The zero-order valence-corrected chi connectivity index (χ0v) is 24.9. The molecular formula is C34H34O10. The number of carbonyl (C=O) groups excluding carboxylic acids is 1. The molecule has 0 unspecified atom stereocenters. The minimum Gasteiger partial charge on any atom is -0.492 e. The van der Waals surface area contributed by atoms with Gasteiger partial charge in [-0.05, 0) is 11.1 Å². The number of methoxy groups -OCH3 is 4.